The summed E-state index contributed by atoms with van der Waals surface area (Å²) >= 11 is 0. The van der Waals surface area contributed by atoms with E-state index < -0.39 is 0 Å². The minimum atomic E-state index is 0. The Balaban J connectivity index is 0.00000450. The molecule has 2 rings (SSSR count). The van der Waals surface area contributed by atoms with Gasteiger partial charge in [-0.1, -0.05) is 31.2 Å². The minimum Gasteiger partial charge on any atom is -0.381 e. The van der Waals surface area contributed by atoms with E-state index in [1.807, 2.05) is 0 Å². The number of benzene rings is 1. The highest BCUT2D eigenvalue weighted by atomic mass is 127. The van der Waals surface area contributed by atoms with Crippen LogP contribution in [0.5, 0.6) is 0 Å². The van der Waals surface area contributed by atoms with Crippen molar-refractivity contribution in [1.29, 1.82) is 0 Å². The average Bonchev–Trinajstić information content (AvgIpc) is 2.76. The van der Waals surface area contributed by atoms with Gasteiger partial charge in [-0.25, -0.2) is 4.99 Å². The Kier molecular flexibility index (Phi) is 16.1. The molecule has 172 valence electrons. The van der Waals surface area contributed by atoms with Gasteiger partial charge in [0.05, 0.1) is 13.2 Å². The molecule has 6 nitrogen and oxygen atoms in total. The van der Waals surface area contributed by atoms with E-state index in [0.717, 1.165) is 77.8 Å². The molecule has 0 amide bonds. The molecule has 2 N–H and O–H groups in total. The Morgan fingerprint density at radius 1 is 1.07 bits per heavy atom. The molecule has 1 saturated heterocycles. The molecule has 0 atom stereocenters. The van der Waals surface area contributed by atoms with Crippen molar-refractivity contribution < 1.29 is 14.2 Å². The summed E-state index contributed by atoms with van der Waals surface area (Å²) in [5.41, 5.74) is 2.42. The highest BCUT2D eigenvalue weighted by molar-refractivity contribution is 14.0. The fraction of sp³-hybridized carbons (Fsp3) is 0.696. The quantitative estimate of drug-likeness (QED) is 0.173. The minimum absolute atomic E-state index is 0. The standard InChI is InChI=1S/C23H39N3O3.HI/c1-3-13-28-19-22-9-6-5-8-21(22)17-26-23(24-4-2)25-12-7-14-29-18-20-10-15-27-16-11-20;/h5-6,8-9,20H,3-4,7,10-19H2,1-2H3,(H2,24,25,26);1H. The summed E-state index contributed by atoms with van der Waals surface area (Å²) < 4.78 is 16.9. The van der Waals surface area contributed by atoms with Gasteiger partial charge < -0.3 is 24.8 Å². The van der Waals surface area contributed by atoms with E-state index in [0.29, 0.717) is 19.1 Å². The van der Waals surface area contributed by atoms with Crippen LogP contribution in [0.3, 0.4) is 0 Å². The lowest BCUT2D eigenvalue weighted by Gasteiger charge is -2.21. The number of aliphatic imine (C=N–C) groups is 1. The van der Waals surface area contributed by atoms with Crippen LogP contribution in [0, 0.1) is 5.92 Å². The number of halogens is 1. The van der Waals surface area contributed by atoms with Crippen molar-refractivity contribution in [3.8, 4) is 0 Å². The van der Waals surface area contributed by atoms with E-state index >= 15 is 0 Å². The molecule has 30 heavy (non-hydrogen) atoms. The van der Waals surface area contributed by atoms with Crippen LogP contribution >= 0.6 is 24.0 Å². The first kappa shape index (κ1) is 27.1. The maximum absolute atomic E-state index is 5.84. The van der Waals surface area contributed by atoms with Crippen LogP contribution < -0.4 is 10.6 Å². The van der Waals surface area contributed by atoms with E-state index in [2.05, 4.69) is 48.7 Å². The van der Waals surface area contributed by atoms with E-state index in [4.69, 9.17) is 19.2 Å². The Morgan fingerprint density at radius 2 is 1.83 bits per heavy atom. The van der Waals surface area contributed by atoms with Crippen LogP contribution in [0.25, 0.3) is 0 Å². The summed E-state index contributed by atoms with van der Waals surface area (Å²) in [5, 5.41) is 6.73. The number of guanidine groups is 1. The normalized spacial score (nSPS) is 14.9. The molecule has 0 aromatic heterocycles. The maximum Gasteiger partial charge on any atom is 0.191 e. The van der Waals surface area contributed by atoms with Gasteiger partial charge in [-0.05, 0) is 49.7 Å². The highest BCUT2D eigenvalue weighted by Gasteiger charge is 2.13. The SMILES string of the molecule is CCCOCc1ccccc1CN=C(NCC)NCCCOCC1CCOCC1.I. The number of ether oxygens (including phenoxy) is 3. The average molecular weight is 533 g/mol. The van der Waals surface area contributed by atoms with Crippen LogP contribution in [0.2, 0.25) is 0 Å². The first-order valence-corrected chi connectivity index (χ1v) is 11.2. The van der Waals surface area contributed by atoms with Gasteiger partial charge in [-0.15, -0.1) is 24.0 Å². The Labute approximate surface area is 199 Å². The number of rotatable bonds is 13. The van der Waals surface area contributed by atoms with Crippen LogP contribution in [-0.4, -0.2) is 52.1 Å². The Bertz CT molecular complexity index is 581. The molecule has 0 saturated carbocycles. The number of hydrogen-bond acceptors (Lipinski definition) is 4. The zero-order valence-electron chi connectivity index (χ0n) is 18.7. The lowest BCUT2D eigenvalue weighted by atomic mass is 10.0. The van der Waals surface area contributed by atoms with E-state index in [1.165, 1.54) is 11.1 Å². The van der Waals surface area contributed by atoms with Gasteiger partial charge in [0.2, 0.25) is 0 Å². The summed E-state index contributed by atoms with van der Waals surface area (Å²) in [5.74, 6) is 1.51. The number of hydrogen-bond donors (Lipinski definition) is 2. The van der Waals surface area contributed by atoms with Crippen molar-refractivity contribution in [2.75, 3.05) is 46.1 Å². The molecule has 1 fully saturated rings. The van der Waals surface area contributed by atoms with Crippen molar-refractivity contribution in [3.05, 3.63) is 35.4 Å². The molecule has 0 spiro atoms. The Morgan fingerprint density at radius 3 is 2.57 bits per heavy atom. The summed E-state index contributed by atoms with van der Waals surface area (Å²) in [6, 6.07) is 8.37. The molecular formula is C23H40IN3O3. The molecule has 0 radical (unpaired) electrons. The topological polar surface area (TPSA) is 64.1 Å². The summed E-state index contributed by atoms with van der Waals surface area (Å²) in [6.07, 6.45) is 4.25. The molecule has 1 aliphatic heterocycles. The Hall–Kier alpha value is -0.900. The van der Waals surface area contributed by atoms with Crippen molar-refractivity contribution in [2.24, 2.45) is 10.9 Å². The van der Waals surface area contributed by atoms with Crippen molar-refractivity contribution in [3.63, 3.8) is 0 Å². The molecule has 0 bridgehead atoms. The number of nitrogens with zero attached hydrogens (tertiary/aromatic N) is 1. The molecule has 1 aromatic rings. The van der Waals surface area contributed by atoms with Crippen molar-refractivity contribution in [2.45, 2.75) is 52.7 Å². The first-order chi connectivity index (χ1) is 14.3. The molecule has 0 aliphatic carbocycles. The molecular weight excluding hydrogens is 493 g/mol. The van der Waals surface area contributed by atoms with Gasteiger partial charge in [0.25, 0.3) is 0 Å². The fourth-order valence-electron chi connectivity index (χ4n) is 3.23. The molecule has 1 heterocycles. The molecule has 7 heteroatoms. The third kappa shape index (κ3) is 11.5. The summed E-state index contributed by atoms with van der Waals surface area (Å²) in [7, 11) is 0. The lowest BCUT2D eigenvalue weighted by molar-refractivity contribution is 0.0203. The monoisotopic (exact) mass is 533 g/mol. The smallest absolute Gasteiger partial charge is 0.191 e. The second-order valence-electron chi connectivity index (χ2n) is 7.43. The zero-order valence-corrected chi connectivity index (χ0v) is 21.0. The lowest BCUT2D eigenvalue weighted by Crippen LogP contribution is -2.38. The van der Waals surface area contributed by atoms with Crippen molar-refractivity contribution >= 4 is 29.9 Å². The van der Waals surface area contributed by atoms with Gasteiger partial charge in [0, 0.05) is 46.1 Å². The van der Waals surface area contributed by atoms with Gasteiger partial charge in [-0.2, -0.15) is 0 Å². The molecule has 1 aliphatic rings. The van der Waals surface area contributed by atoms with Crippen LogP contribution in [-0.2, 0) is 27.4 Å². The predicted octanol–water partition coefficient (Wildman–Crippen LogP) is 4.12. The third-order valence-electron chi connectivity index (χ3n) is 4.93. The predicted molar refractivity (Wildman–Crippen MR) is 134 cm³/mol. The molecule has 1 aromatic carbocycles. The zero-order chi connectivity index (χ0) is 20.6. The van der Waals surface area contributed by atoms with E-state index in [-0.39, 0.29) is 24.0 Å². The van der Waals surface area contributed by atoms with Gasteiger partial charge in [0.15, 0.2) is 5.96 Å². The highest BCUT2D eigenvalue weighted by Crippen LogP contribution is 2.14. The van der Waals surface area contributed by atoms with Gasteiger partial charge in [-0.3, -0.25) is 0 Å². The largest absolute Gasteiger partial charge is 0.381 e. The molecule has 0 unspecified atom stereocenters. The van der Waals surface area contributed by atoms with Gasteiger partial charge in [0.1, 0.15) is 0 Å². The van der Waals surface area contributed by atoms with Crippen LogP contribution in [0.15, 0.2) is 29.3 Å². The fourth-order valence-corrected chi connectivity index (χ4v) is 3.23. The van der Waals surface area contributed by atoms with Crippen molar-refractivity contribution in [1.82, 2.24) is 10.6 Å². The summed E-state index contributed by atoms with van der Waals surface area (Å²) in [4.78, 5) is 4.75. The first-order valence-electron chi connectivity index (χ1n) is 11.2. The number of nitrogens with one attached hydrogen (secondary N) is 2. The van der Waals surface area contributed by atoms with E-state index in [9.17, 15) is 0 Å². The van der Waals surface area contributed by atoms with E-state index in [1.54, 1.807) is 0 Å². The van der Waals surface area contributed by atoms with Crippen LogP contribution in [0.4, 0.5) is 0 Å². The van der Waals surface area contributed by atoms with Gasteiger partial charge >= 0.3 is 0 Å². The van der Waals surface area contributed by atoms with Crippen LogP contribution in [0.1, 0.15) is 50.7 Å². The second-order valence-corrected chi connectivity index (χ2v) is 7.43. The second kappa shape index (κ2) is 17.7. The maximum atomic E-state index is 5.84. The summed E-state index contributed by atoms with van der Waals surface area (Å²) in [6.45, 7) is 11.4. The third-order valence-corrected chi connectivity index (χ3v) is 4.93.